The summed E-state index contributed by atoms with van der Waals surface area (Å²) in [4.78, 5) is 36.8. The maximum absolute atomic E-state index is 12.8. The van der Waals surface area contributed by atoms with Crippen LogP contribution in [0.15, 0.2) is 48.5 Å². The second kappa shape index (κ2) is 10.9. The smallest absolute Gasteiger partial charge is 0.407 e. The average Bonchev–Trinajstić information content (AvgIpc) is 3.11. The summed E-state index contributed by atoms with van der Waals surface area (Å²) < 4.78 is 11.4. The van der Waals surface area contributed by atoms with Gasteiger partial charge in [0.2, 0.25) is 5.91 Å². The number of hydrogen-bond acceptors (Lipinski definition) is 6. The highest BCUT2D eigenvalue weighted by Gasteiger charge is 2.34. The SMILES string of the molecule is C[C@@H](OC(C)(C)C)[C@H](NC(=O)OCC1c2ccccc2-c2ccccc21)C(=O)N[C@H](CO)C(=O)O. The molecule has 9 nitrogen and oxygen atoms in total. The monoisotopic (exact) mass is 484 g/mol. The van der Waals surface area contributed by atoms with E-state index in [9.17, 15) is 19.5 Å². The van der Waals surface area contributed by atoms with Crippen molar-refractivity contribution in [3.63, 3.8) is 0 Å². The van der Waals surface area contributed by atoms with Gasteiger partial charge in [0.15, 0.2) is 0 Å². The summed E-state index contributed by atoms with van der Waals surface area (Å²) in [6, 6.07) is 13.1. The Kier molecular flexibility index (Phi) is 8.14. The Morgan fingerprint density at radius 3 is 2.00 bits per heavy atom. The molecule has 0 radical (unpaired) electrons. The lowest BCUT2D eigenvalue weighted by Gasteiger charge is -2.31. The average molecular weight is 485 g/mol. The molecule has 3 rings (SSSR count). The minimum Gasteiger partial charge on any atom is -0.480 e. The van der Waals surface area contributed by atoms with E-state index < -0.39 is 48.4 Å². The number of ether oxygens (including phenoxy) is 2. The lowest BCUT2D eigenvalue weighted by molar-refractivity contribution is -0.144. The number of alkyl carbamates (subject to hydrolysis) is 1. The summed E-state index contributed by atoms with van der Waals surface area (Å²) in [6.45, 7) is 6.22. The molecule has 2 amide bonds. The normalized spacial score (nSPS) is 15.3. The number of benzene rings is 2. The van der Waals surface area contributed by atoms with Crippen molar-refractivity contribution in [3.8, 4) is 11.1 Å². The van der Waals surface area contributed by atoms with Crippen molar-refractivity contribution in [2.24, 2.45) is 0 Å². The first-order chi connectivity index (χ1) is 16.5. The fraction of sp³-hybridized carbons (Fsp3) is 0.423. The van der Waals surface area contributed by atoms with Gasteiger partial charge in [-0.25, -0.2) is 9.59 Å². The van der Waals surface area contributed by atoms with Crippen LogP contribution in [-0.4, -0.2) is 65.2 Å². The van der Waals surface area contributed by atoms with Gasteiger partial charge in [0, 0.05) is 5.92 Å². The number of aliphatic hydroxyl groups is 1. The quantitative estimate of drug-likeness (QED) is 0.430. The highest BCUT2D eigenvalue weighted by Crippen LogP contribution is 2.44. The molecule has 35 heavy (non-hydrogen) atoms. The highest BCUT2D eigenvalue weighted by molar-refractivity contribution is 5.89. The highest BCUT2D eigenvalue weighted by atomic mass is 16.6. The van der Waals surface area contributed by atoms with Gasteiger partial charge in [0.05, 0.1) is 18.3 Å². The molecule has 0 saturated heterocycles. The van der Waals surface area contributed by atoms with Crippen LogP contribution in [0.25, 0.3) is 11.1 Å². The standard InChI is InChI=1S/C26H32N2O7/c1-15(35-26(2,3)4)22(23(30)27-21(13-29)24(31)32)28-25(33)34-14-20-18-11-7-5-9-16(18)17-10-6-8-12-19(17)20/h5-12,15,20-22,29H,13-14H2,1-4H3,(H,27,30)(H,28,33)(H,31,32)/t15-,21-,22+/m1/s1. The van der Waals surface area contributed by atoms with Crippen LogP contribution in [0.4, 0.5) is 4.79 Å². The van der Waals surface area contributed by atoms with Gasteiger partial charge in [-0.15, -0.1) is 0 Å². The zero-order valence-corrected chi connectivity index (χ0v) is 20.3. The van der Waals surface area contributed by atoms with E-state index in [0.717, 1.165) is 22.3 Å². The number of carboxylic acid groups (broad SMARTS) is 1. The molecule has 0 unspecified atom stereocenters. The molecule has 2 aromatic carbocycles. The van der Waals surface area contributed by atoms with Gasteiger partial charge >= 0.3 is 12.1 Å². The Morgan fingerprint density at radius 1 is 0.971 bits per heavy atom. The second-order valence-corrected chi connectivity index (χ2v) is 9.46. The first-order valence-corrected chi connectivity index (χ1v) is 11.4. The molecule has 0 aliphatic heterocycles. The Hall–Kier alpha value is -3.43. The van der Waals surface area contributed by atoms with Crippen LogP contribution in [0.1, 0.15) is 44.7 Å². The predicted octanol–water partition coefficient (Wildman–Crippen LogP) is 2.66. The number of nitrogens with one attached hydrogen (secondary N) is 2. The number of rotatable bonds is 9. The van der Waals surface area contributed by atoms with Crippen molar-refractivity contribution < 1.29 is 34.1 Å². The molecule has 0 bridgehead atoms. The van der Waals surface area contributed by atoms with Crippen molar-refractivity contribution in [2.45, 2.75) is 57.4 Å². The number of aliphatic carboxylic acids is 1. The number of carboxylic acids is 1. The van der Waals surface area contributed by atoms with E-state index >= 15 is 0 Å². The van der Waals surface area contributed by atoms with Gasteiger partial charge in [-0.2, -0.15) is 0 Å². The lowest BCUT2D eigenvalue weighted by Crippen LogP contribution is -2.57. The van der Waals surface area contributed by atoms with Gasteiger partial charge < -0.3 is 30.3 Å². The molecule has 3 atom stereocenters. The third kappa shape index (κ3) is 6.37. The van der Waals surface area contributed by atoms with Crippen LogP contribution in [0.2, 0.25) is 0 Å². The lowest BCUT2D eigenvalue weighted by atomic mass is 9.98. The molecule has 0 heterocycles. The number of aliphatic hydroxyl groups excluding tert-OH is 1. The minimum atomic E-state index is -1.52. The van der Waals surface area contributed by atoms with Crippen LogP contribution in [-0.2, 0) is 19.1 Å². The van der Waals surface area contributed by atoms with E-state index in [0.29, 0.717) is 0 Å². The molecule has 1 aliphatic rings. The van der Waals surface area contributed by atoms with Crippen molar-refractivity contribution in [1.82, 2.24) is 10.6 Å². The molecule has 0 saturated carbocycles. The Bertz CT molecular complexity index is 1030. The number of hydrogen-bond donors (Lipinski definition) is 4. The van der Waals surface area contributed by atoms with Crippen LogP contribution >= 0.6 is 0 Å². The molecular formula is C26H32N2O7. The summed E-state index contributed by atoms with van der Waals surface area (Å²) >= 11 is 0. The molecule has 0 spiro atoms. The molecular weight excluding hydrogens is 452 g/mol. The molecule has 0 fully saturated rings. The first-order valence-electron chi connectivity index (χ1n) is 11.4. The third-order valence-corrected chi connectivity index (χ3v) is 5.71. The predicted molar refractivity (Wildman–Crippen MR) is 129 cm³/mol. The fourth-order valence-electron chi connectivity index (χ4n) is 4.24. The molecule has 2 aromatic rings. The number of fused-ring (bicyclic) bond motifs is 3. The zero-order chi connectivity index (χ0) is 25.8. The zero-order valence-electron chi connectivity index (χ0n) is 20.3. The van der Waals surface area contributed by atoms with Crippen molar-refractivity contribution in [2.75, 3.05) is 13.2 Å². The summed E-state index contributed by atoms with van der Waals surface area (Å²) in [5.74, 6) is -2.36. The van der Waals surface area contributed by atoms with E-state index in [1.807, 2.05) is 48.5 Å². The Morgan fingerprint density at radius 2 is 1.51 bits per heavy atom. The van der Waals surface area contributed by atoms with E-state index in [1.165, 1.54) is 0 Å². The Balaban J connectivity index is 1.73. The summed E-state index contributed by atoms with van der Waals surface area (Å²) in [5.41, 5.74) is 3.64. The van der Waals surface area contributed by atoms with E-state index in [1.54, 1.807) is 27.7 Å². The van der Waals surface area contributed by atoms with E-state index in [4.69, 9.17) is 14.6 Å². The molecule has 9 heteroatoms. The largest absolute Gasteiger partial charge is 0.480 e. The summed E-state index contributed by atoms with van der Waals surface area (Å²) in [5, 5.41) is 23.1. The van der Waals surface area contributed by atoms with Crippen molar-refractivity contribution in [3.05, 3.63) is 59.7 Å². The second-order valence-electron chi connectivity index (χ2n) is 9.46. The van der Waals surface area contributed by atoms with Gasteiger partial charge in [-0.1, -0.05) is 48.5 Å². The maximum Gasteiger partial charge on any atom is 0.407 e. The van der Waals surface area contributed by atoms with Crippen LogP contribution in [0.3, 0.4) is 0 Å². The van der Waals surface area contributed by atoms with E-state index in [2.05, 4.69) is 10.6 Å². The fourth-order valence-corrected chi connectivity index (χ4v) is 4.24. The van der Waals surface area contributed by atoms with Gasteiger partial charge in [0.25, 0.3) is 0 Å². The first kappa shape index (κ1) is 26.2. The third-order valence-electron chi connectivity index (χ3n) is 5.71. The summed E-state index contributed by atoms with van der Waals surface area (Å²) in [6.07, 6.45) is -1.66. The van der Waals surface area contributed by atoms with Crippen molar-refractivity contribution in [1.29, 1.82) is 0 Å². The van der Waals surface area contributed by atoms with Crippen LogP contribution in [0.5, 0.6) is 0 Å². The molecule has 0 aromatic heterocycles. The van der Waals surface area contributed by atoms with Crippen molar-refractivity contribution >= 4 is 18.0 Å². The minimum absolute atomic E-state index is 0.0527. The van der Waals surface area contributed by atoms with Gasteiger partial charge in [-0.3, -0.25) is 4.79 Å². The number of carbonyl (C=O) groups excluding carboxylic acids is 2. The molecule has 4 N–H and O–H groups in total. The van der Waals surface area contributed by atoms with Crippen LogP contribution in [0, 0.1) is 0 Å². The topological polar surface area (TPSA) is 134 Å². The van der Waals surface area contributed by atoms with Gasteiger partial charge in [-0.05, 0) is 49.9 Å². The maximum atomic E-state index is 12.8. The van der Waals surface area contributed by atoms with E-state index in [-0.39, 0.29) is 12.5 Å². The van der Waals surface area contributed by atoms with Crippen LogP contribution < -0.4 is 10.6 Å². The molecule has 188 valence electrons. The van der Waals surface area contributed by atoms with Gasteiger partial charge in [0.1, 0.15) is 18.7 Å². The summed E-state index contributed by atoms with van der Waals surface area (Å²) in [7, 11) is 0. The number of carbonyl (C=O) groups is 3. The number of amides is 2. The Labute approximate surface area is 204 Å². The molecule has 1 aliphatic carbocycles.